The van der Waals surface area contributed by atoms with Crippen molar-refractivity contribution in [1.29, 1.82) is 0 Å². The molecule has 0 bridgehead atoms. The van der Waals surface area contributed by atoms with Gasteiger partial charge in [-0.05, 0) is 46.2 Å². The van der Waals surface area contributed by atoms with Crippen LogP contribution in [0, 0.1) is 3.57 Å². The van der Waals surface area contributed by atoms with E-state index in [0.717, 1.165) is 32.2 Å². The first-order valence-electron chi connectivity index (χ1n) is 6.92. The summed E-state index contributed by atoms with van der Waals surface area (Å²) < 4.78 is 6.36. The molecule has 112 valence electrons. The Balaban J connectivity index is 2.37. The Morgan fingerprint density at radius 2 is 2.05 bits per heavy atom. The van der Waals surface area contributed by atoms with Gasteiger partial charge in [0.2, 0.25) is 0 Å². The van der Waals surface area contributed by atoms with Crippen LogP contribution >= 0.6 is 22.6 Å². The van der Waals surface area contributed by atoms with Gasteiger partial charge < -0.3 is 10.1 Å². The van der Waals surface area contributed by atoms with Crippen LogP contribution in [0.5, 0.6) is 5.75 Å². The smallest absolute Gasteiger partial charge is 0.143 e. The Bertz CT molecular complexity index is 629. The third kappa shape index (κ3) is 3.84. The molecule has 4 nitrogen and oxygen atoms in total. The molecule has 1 aromatic heterocycles. The van der Waals surface area contributed by atoms with Crippen molar-refractivity contribution in [1.82, 2.24) is 9.97 Å². The predicted octanol–water partition coefficient (Wildman–Crippen LogP) is 3.85. The van der Waals surface area contributed by atoms with Crippen LogP contribution in [0.3, 0.4) is 0 Å². The zero-order valence-corrected chi connectivity index (χ0v) is 14.9. The van der Waals surface area contributed by atoms with E-state index in [9.17, 15) is 0 Å². The van der Waals surface area contributed by atoms with E-state index in [0.29, 0.717) is 12.3 Å². The highest BCUT2D eigenvalue weighted by atomic mass is 127. The van der Waals surface area contributed by atoms with Gasteiger partial charge in [0.1, 0.15) is 17.4 Å². The van der Waals surface area contributed by atoms with Crippen LogP contribution in [-0.4, -0.2) is 24.1 Å². The lowest BCUT2D eigenvalue weighted by Gasteiger charge is -2.13. The number of methoxy groups -OCH3 is 1. The molecule has 0 atom stereocenters. The number of hydrogen-bond acceptors (Lipinski definition) is 4. The maximum absolute atomic E-state index is 5.26. The van der Waals surface area contributed by atoms with E-state index >= 15 is 0 Å². The Morgan fingerprint density at radius 1 is 1.29 bits per heavy atom. The molecule has 0 unspecified atom stereocenters. The van der Waals surface area contributed by atoms with Crippen molar-refractivity contribution in [3.8, 4) is 5.75 Å². The summed E-state index contributed by atoms with van der Waals surface area (Å²) in [6.07, 6.45) is 0.697. The van der Waals surface area contributed by atoms with Gasteiger partial charge in [-0.3, -0.25) is 0 Å². The van der Waals surface area contributed by atoms with E-state index in [1.54, 1.807) is 7.11 Å². The fourth-order valence-electron chi connectivity index (χ4n) is 2.10. The third-order valence-electron chi connectivity index (χ3n) is 3.20. The number of nitrogens with zero attached hydrogens (tertiary/aromatic N) is 2. The second-order valence-corrected chi connectivity index (χ2v) is 6.20. The second kappa shape index (κ2) is 7.06. The zero-order valence-electron chi connectivity index (χ0n) is 12.8. The molecule has 0 aliphatic rings. The lowest BCUT2D eigenvalue weighted by Crippen LogP contribution is -2.09. The van der Waals surface area contributed by atoms with Crippen LogP contribution in [0.4, 0.5) is 5.82 Å². The van der Waals surface area contributed by atoms with Crippen molar-refractivity contribution in [2.45, 2.75) is 26.2 Å². The van der Waals surface area contributed by atoms with Crippen molar-refractivity contribution < 1.29 is 4.74 Å². The fourth-order valence-corrected chi connectivity index (χ4v) is 3.24. The summed E-state index contributed by atoms with van der Waals surface area (Å²) in [6, 6.07) is 8.02. The molecule has 0 spiro atoms. The maximum atomic E-state index is 5.26. The minimum Gasteiger partial charge on any atom is -0.497 e. The average Bonchev–Trinajstić information content (AvgIpc) is 2.48. The number of rotatable bonds is 5. The number of anilines is 1. The molecular formula is C16H20IN3O. The molecule has 0 amide bonds. The zero-order chi connectivity index (χ0) is 15.4. The molecule has 1 heterocycles. The van der Waals surface area contributed by atoms with Crippen molar-refractivity contribution in [3.63, 3.8) is 0 Å². The Labute approximate surface area is 139 Å². The van der Waals surface area contributed by atoms with Crippen LogP contribution in [0.1, 0.15) is 36.8 Å². The van der Waals surface area contributed by atoms with E-state index in [2.05, 4.69) is 52.8 Å². The van der Waals surface area contributed by atoms with Crippen molar-refractivity contribution >= 4 is 28.4 Å². The van der Waals surface area contributed by atoms with Gasteiger partial charge in [-0.15, -0.1) is 0 Å². The lowest BCUT2D eigenvalue weighted by molar-refractivity contribution is 0.414. The van der Waals surface area contributed by atoms with Gasteiger partial charge >= 0.3 is 0 Å². The van der Waals surface area contributed by atoms with Crippen LogP contribution < -0.4 is 10.1 Å². The van der Waals surface area contributed by atoms with E-state index in [4.69, 9.17) is 9.72 Å². The maximum Gasteiger partial charge on any atom is 0.143 e. The summed E-state index contributed by atoms with van der Waals surface area (Å²) in [5.41, 5.74) is 2.24. The quantitative estimate of drug-likeness (QED) is 0.779. The summed E-state index contributed by atoms with van der Waals surface area (Å²) >= 11 is 2.31. The van der Waals surface area contributed by atoms with Gasteiger partial charge in [0.05, 0.1) is 16.4 Å². The molecule has 0 aliphatic heterocycles. The summed E-state index contributed by atoms with van der Waals surface area (Å²) in [6.45, 7) is 4.30. The molecule has 2 aromatic rings. The van der Waals surface area contributed by atoms with Crippen molar-refractivity contribution in [2.75, 3.05) is 19.5 Å². The van der Waals surface area contributed by atoms with E-state index in [1.165, 1.54) is 0 Å². The third-order valence-corrected chi connectivity index (χ3v) is 4.27. The molecule has 2 rings (SSSR count). The molecule has 0 saturated carbocycles. The highest BCUT2D eigenvalue weighted by Gasteiger charge is 2.14. The number of ether oxygens (including phenoxy) is 1. The Kier molecular flexibility index (Phi) is 5.39. The second-order valence-electron chi connectivity index (χ2n) is 5.12. The Hall–Kier alpha value is -1.37. The van der Waals surface area contributed by atoms with Crippen LogP contribution in [0.15, 0.2) is 24.3 Å². The van der Waals surface area contributed by atoms with Gasteiger partial charge in [0.15, 0.2) is 0 Å². The normalized spacial score (nSPS) is 10.8. The first-order chi connectivity index (χ1) is 10.0. The monoisotopic (exact) mass is 397 g/mol. The van der Waals surface area contributed by atoms with Crippen LogP contribution in [-0.2, 0) is 6.42 Å². The molecule has 0 saturated heterocycles. The molecule has 1 N–H and O–H groups in total. The molecule has 0 fully saturated rings. The van der Waals surface area contributed by atoms with E-state index < -0.39 is 0 Å². The molecule has 1 aromatic carbocycles. The van der Waals surface area contributed by atoms with Crippen LogP contribution in [0.2, 0.25) is 0 Å². The van der Waals surface area contributed by atoms with Crippen LogP contribution in [0.25, 0.3) is 0 Å². The molecule has 0 aliphatic carbocycles. The molecular weight excluding hydrogens is 377 g/mol. The summed E-state index contributed by atoms with van der Waals surface area (Å²) in [7, 11) is 3.57. The number of benzene rings is 1. The molecule has 21 heavy (non-hydrogen) atoms. The fraction of sp³-hybridized carbons (Fsp3) is 0.375. The first kappa shape index (κ1) is 16.0. The minimum absolute atomic E-state index is 0.371. The summed E-state index contributed by atoms with van der Waals surface area (Å²) in [4.78, 5) is 9.35. The number of hydrogen-bond donors (Lipinski definition) is 1. The summed E-state index contributed by atoms with van der Waals surface area (Å²) in [5.74, 6) is 2.95. The number of aromatic nitrogens is 2. The average molecular weight is 397 g/mol. The van der Waals surface area contributed by atoms with E-state index in [1.807, 2.05) is 25.2 Å². The topological polar surface area (TPSA) is 47.0 Å². The lowest BCUT2D eigenvalue weighted by atomic mass is 10.1. The largest absolute Gasteiger partial charge is 0.497 e. The highest BCUT2D eigenvalue weighted by Crippen LogP contribution is 2.25. The predicted molar refractivity (Wildman–Crippen MR) is 94.2 cm³/mol. The van der Waals surface area contributed by atoms with Crippen molar-refractivity contribution in [3.05, 3.63) is 44.9 Å². The molecule has 0 radical (unpaired) electrons. The highest BCUT2D eigenvalue weighted by molar-refractivity contribution is 14.1. The van der Waals surface area contributed by atoms with Crippen molar-refractivity contribution in [2.24, 2.45) is 0 Å². The van der Waals surface area contributed by atoms with Gasteiger partial charge in [-0.2, -0.15) is 0 Å². The standard InChI is InChI=1S/C16H20IN3O/c1-10(2)15-14(17)16(18-3)20-13(19-15)9-11-6-5-7-12(8-11)21-4/h5-8,10H,9H2,1-4H3,(H,18,19,20). The Morgan fingerprint density at radius 3 is 2.67 bits per heavy atom. The first-order valence-corrected chi connectivity index (χ1v) is 8.00. The van der Waals surface area contributed by atoms with Gasteiger partial charge in [0, 0.05) is 13.5 Å². The molecule has 5 heteroatoms. The SMILES string of the molecule is CNc1nc(Cc2cccc(OC)c2)nc(C(C)C)c1I. The number of nitrogens with one attached hydrogen (secondary N) is 1. The van der Waals surface area contributed by atoms with Gasteiger partial charge in [0.25, 0.3) is 0 Å². The van der Waals surface area contributed by atoms with Gasteiger partial charge in [-0.1, -0.05) is 26.0 Å². The summed E-state index contributed by atoms with van der Waals surface area (Å²) in [5, 5.41) is 3.16. The minimum atomic E-state index is 0.371. The van der Waals surface area contributed by atoms with E-state index in [-0.39, 0.29) is 0 Å². The van der Waals surface area contributed by atoms with Gasteiger partial charge in [-0.25, -0.2) is 9.97 Å². The number of halogens is 1.